The third kappa shape index (κ3) is 1.53. The molecule has 1 saturated heterocycles. The standard InChI is InChI=1S/C17H17NO/c1-2-6-13(7-3-1)17-10-11-18-12-15(17)14-8-4-5-9-16(14)19-17/h1-9,15,18H,10-12H2/t15-,17+/m1/s1. The molecule has 0 spiro atoms. The molecule has 1 N–H and O–H groups in total. The van der Waals surface area contributed by atoms with Crippen LogP contribution in [0.15, 0.2) is 54.6 Å². The van der Waals surface area contributed by atoms with Crippen LogP contribution in [0, 0.1) is 0 Å². The van der Waals surface area contributed by atoms with Gasteiger partial charge in [0.25, 0.3) is 0 Å². The van der Waals surface area contributed by atoms with Crippen LogP contribution in [-0.2, 0) is 5.60 Å². The highest BCUT2D eigenvalue weighted by Crippen LogP contribution is 2.52. The predicted octanol–water partition coefficient (Wildman–Crippen LogP) is 3.05. The van der Waals surface area contributed by atoms with E-state index < -0.39 is 0 Å². The van der Waals surface area contributed by atoms with Gasteiger partial charge in [-0.3, -0.25) is 0 Å². The first kappa shape index (κ1) is 11.1. The maximum atomic E-state index is 6.44. The zero-order valence-electron chi connectivity index (χ0n) is 10.8. The smallest absolute Gasteiger partial charge is 0.143 e. The monoisotopic (exact) mass is 251 g/mol. The molecule has 2 atom stereocenters. The molecule has 0 amide bonds. The van der Waals surface area contributed by atoms with Crippen LogP contribution >= 0.6 is 0 Å². The minimum absolute atomic E-state index is 0.170. The molecule has 96 valence electrons. The van der Waals surface area contributed by atoms with Gasteiger partial charge in [-0.05, 0) is 18.2 Å². The van der Waals surface area contributed by atoms with Crippen LogP contribution in [0.2, 0.25) is 0 Å². The van der Waals surface area contributed by atoms with E-state index >= 15 is 0 Å². The number of nitrogens with one attached hydrogen (secondary N) is 1. The minimum Gasteiger partial charge on any atom is -0.482 e. The lowest BCUT2D eigenvalue weighted by Crippen LogP contribution is -2.47. The molecule has 19 heavy (non-hydrogen) atoms. The van der Waals surface area contributed by atoms with Gasteiger partial charge < -0.3 is 10.1 Å². The van der Waals surface area contributed by atoms with Crippen molar-refractivity contribution >= 4 is 0 Å². The maximum absolute atomic E-state index is 6.44. The van der Waals surface area contributed by atoms with Crippen LogP contribution in [-0.4, -0.2) is 13.1 Å². The first-order chi connectivity index (χ1) is 9.40. The molecule has 4 rings (SSSR count). The highest BCUT2D eigenvalue weighted by molar-refractivity contribution is 5.47. The number of para-hydroxylation sites is 1. The largest absolute Gasteiger partial charge is 0.482 e. The second-order valence-corrected chi connectivity index (χ2v) is 5.40. The fourth-order valence-electron chi connectivity index (χ4n) is 3.53. The third-order valence-corrected chi connectivity index (χ3v) is 4.43. The summed E-state index contributed by atoms with van der Waals surface area (Å²) in [6.07, 6.45) is 1.02. The summed E-state index contributed by atoms with van der Waals surface area (Å²) >= 11 is 0. The third-order valence-electron chi connectivity index (χ3n) is 4.43. The molecular weight excluding hydrogens is 234 g/mol. The molecule has 2 aromatic carbocycles. The number of hydrogen-bond donors (Lipinski definition) is 1. The molecular formula is C17H17NO. The summed E-state index contributed by atoms with van der Waals surface area (Å²) in [5.74, 6) is 1.47. The number of hydrogen-bond acceptors (Lipinski definition) is 2. The summed E-state index contributed by atoms with van der Waals surface area (Å²) in [6.45, 7) is 2.01. The Morgan fingerprint density at radius 1 is 1.00 bits per heavy atom. The van der Waals surface area contributed by atoms with Crippen LogP contribution in [0.5, 0.6) is 5.75 Å². The SMILES string of the molecule is c1ccc([C@@]23CCNC[C@@H]2c2ccccc2O3)cc1. The van der Waals surface area contributed by atoms with Crippen molar-refractivity contribution in [3.63, 3.8) is 0 Å². The molecule has 2 heteroatoms. The molecule has 0 saturated carbocycles. The van der Waals surface area contributed by atoms with E-state index in [1.165, 1.54) is 11.1 Å². The number of benzene rings is 2. The molecule has 2 aromatic rings. The Labute approximate surface area is 113 Å². The summed E-state index contributed by atoms with van der Waals surface area (Å²) in [6, 6.07) is 19.1. The normalized spacial score (nSPS) is 28.3. The van der Waals surface area contributed by atoms with Crippen molar-refractivity contribution in [2.24, 2.45) is 0 Å². The molecule has 2 nitrogen and oxygen atoms in total. The van der Waals surface area contributed by atoms with Gasteiger partial charge >= 0.3 is 0 Å². The second kappa shape index (κ2) is 4.10. The van der Waals surface area contributed by atoms with Gasteiger partial charge in [-0.25, -0.2) is 0 Å². The summed E-state index contributed by atoms with van der Waals surface area (Å²) in [5.41, 5.74) is 2.48. The Bertz CT molecular complexity index is 595. The first-order valence-corrected chi connectivity index (χ1v) is 6.94. The Hall–Kier alpha value is -1.80. The van der Waals surface area contributed by atoms with E-state index in [9.17, 15) is 0 Å². The molecule has 2 aliphatic rings. The molecule has 0 radical (unpaired) electrons. The lowest BCUT2D eigenvalue weighted by Gasteiger charge is -2.39. The van der Waals surface area contributed by atoms with E-state index in [1.54, 1.807) is 0 Å². The first-order valence-electron chi connectivity index (χ1n) is 6.94. The van der Waals surface area contributed by atoms with Crippen molar-refractivity contribution in [1.29, 1.82) is 0 Å². The summed E-state index contributed by atoms with van der Waals surface area (Å²) in [5, 5.41) is 3.51. The average Bonchev–Trinajstić information content (AvgIpc) is 2.84. The van der Waals surface area contributed by atoms with E-state index in [4.69, 9.17) is 4.74 Å². The van der Waals surface area contributed by atoms with Crippen molar-refractivity contribution in [2.75, 3.05) is 13.1 Å². The average molecular weight is 251 g/mol. The van der Waals surface area contributed by atoms with Crippen molar-refractivity contribution in [1.82, 2.24) is 5.32 Å². The number of fused-ring (bicyclic) bond motifs is 3. The maximum Gasteiger partial charge on any atom is 0.143 e. The Morgan fingerprint density at radius 3 is 2.68 bits per heavy atom. The Morgan fingerprint density at radius 2 is 1.79 bits per heavy atom. The van der Waals surface area contributed by atoms with Gasteiger partial charge in [0.1, 0.15) is 11.4 Å². The number of piperidine rings is 1. The van der Waals surface area contributed by atoms with Crippen molar-refractivity contribution in [3.8, 4) is 5.75 Å². The van der Waals surface area contributed by atoms with Crippen molar-refractivity contribution in [3.05, 3.63) is 65.7 Å². The quantitative estimate of drug-likeness (QED) is 0.841. The van der Waals surface area contributed by atoms with Gasteiger partial charge in [-0.1, -0.05) is 48.5 Å². The Balaban J connectivity index is 1.87. The summed E-state index contributed by atoms with van der Waals surface area (Å²) < 4.78 is 6.44. The van der Waals surface area contributed by atoms with Gasteiger partial charge in [0.05, 0.1) is 0 Å². The highest BCUT2D eigenvalue weighted by Gasteiger charge is 2.50. The van der Waals surface area contributed by atoms with E-state index in [0.717, 1.165) is 25.3 Å². The van der Waals surface area contributed by atoms with Crippen LogP contribution in [0.25, 0.3) is 0 Å². The molecule has 0 bridgehead atoms. The molecule has 2 heterocycles. The van der Waals surface area contributed by atoms with Gasteiger partial charge in [0.2, 0.25) is 0 Å². The summed E-state index contributed by atoms with van der Waals surface area (Å²) in [7, 11) is 0. The zero-order chi connectivity index (χ0) is 12.7. The molecule has 1 fully saturated rings. The fraction of sp³-hybridized carbons (Fsp3) is 0.294. The summed E-state index contributed by atoms with van der Waals surface area (Å²) in [4.78, 5) is 0. The molecule has 0 aromatic heterocycles. The highest BCUT2D eigenvalue weighted by atomic mass is 16.5. The van der Waals surface area contributed by atoms with Crippen molar-refractivity contribution < 1.29 is 4.74 Å². The fourth-order valence-corrected chi connectivity index (χ4v) is 3.53. The van der Waals surface area contributed by atoms with Gasteiger partial charge in [-0.2, -0.15) is 0 Å². The van der Waals surface area contributed by atoms with Crippen LogP contribution in [0.3, 0.4) is 0 Å². The van der Waals surface area contributed by atoms with E-state index in [2.05, 4.69) is 59.9 Å². The van der Waals surface area contributed by atoms with Crippen LogP contribution in [0.4, 0.5) is 0 Å². The van der Waals surface area contributed by atoms with E-state index in [1.807, 2.05) is 0 Å². The number of rotatable bonds is 1. The molecule has 0 aliphatic carbocycles. The van der Waals surface area contributed by atoms with E-state index in [-0.39, 0.29) is 5.60 Å². The van der Waals surface area contributed by atoms with Gasteiger partial charge in [0, 0.05) is 24.4 Å². The van der Waals surface area contributed by atoms with Gasteiger partial charge in [0.15, 0.2) is 0 Å². The predicted molar refractivity (Wildman–Crippen MR) is 75.4 cm³/mol. The minimum atomic E-state index is -0.170. The van der Waals surface area contributed by atoms with Crippen molar-refractivity contribution in [2.45, 2.75) is 17.9 Å². The lowest BCUT2D eigenvalue weighted by molar-refractivity contribution is 0.0395. The topological polar surface area (TPSA) is 21.3 Å². The molecule has 2 aliphatic heterocycles. The van der Waals surface area contributed by atoms with Gasteiger partial charge in [-0.15, -0.1) is 0 Å². The van der Waals surface area contributed by atoms with E-state index in [0.29, 0.717) is 5.92 Å². The molecule has 0 unspecified atom stereocenters. The Kier molecular flexibility index (Phi) is 2.39. The van der Waals surface area contributed by atoms with Crippen LogP contribution in [0.1, 0.15) is 23.5 Å². The lowest BCUT2D eigenvalue weighted by atomic mass is 9.75. The van der Waals surface area contributed by atoms with Crippen LogP contribution < -0.4 is 10.1 Å². The number of ether oxygens (including phenoxy) is 1. The zero-order valence-corrected chi connectivity index (χ0v) is 10.8. The second-order valence-electron chi connectivity index (χ2n) is 5.40.